The molecule has 0 bridgehead atoms. The summed E-state index contributed by atoms with van der Waals surface area (Å²) in [4.78, 5) is 36.0. The molecule has 0 aliphatic carbocycles. The van der Waals surface area contributed by atoms with Crippen molar-refractivity contribution in [2.24, 2.45) is 0 Å². The van der Waals surface area contributed by atoms with Crippen LogP contribution in [0.2, 0.25) is 0 Å². The summed E-state index contributed by atoms with van der Waals surface area (Å²) in [5.41, 5.74) is 0. The van der Waals surface area contributed by atoms with Crippen molar-refractivity contribution in [1.82, 2.24) is 0 Å². The molecule has 0 atom stereocenters. The van der Waals surface area contributed by atoms with E-state index >= 15 is 0 Å². The summed E-state index contributed by atoms with van der Waals surface area (Å²) in [6, 6.07) is 0. The van der Waals surface area contributed by atoms with Crippen molar-refractivity contribution >= 4 is 47.8 Å². The van der Waals surface area contributed by atoms with Crippen molar-refractivity contribution in [3.05, 3.63) is 0 Å². The number of carboxylic acid groups (broad SMARTS) is 4. The van der Waals surface area contributed by atoms with E-state index in [-0.39, 0.29) is 23.9 Å². The van der Waals surface area contributed by atoms with E-state index in [9.17, 15) is 0 Å². The Hall–Kier alpha value is -1.32. The first-order valence-corrected chi connectivity index (χ1v) is 3.71. The van der Waals surface area contributed by atoms with E-state index in [1.165, 1.54) is 0 Å². The van der Waals surface area contributed by atoms with Gasteiger partial charge in [-0.15, -0.1) is 0 Å². The van der Waals surface area contributed by atoms with Gasteiger partial charge in [0.05, 0.1) is 0 Å². The zero-order valence-corrected chi connectivity index (χ0v) is 9.42. The van der Waals surface area contributed by atoms with Crippen LogP contribution in [0.25, 0.3) is 0 Å². The SMILES string of the molecule is CC(=O)O.CC(=O)O.CC(=O)O.CC(=O)O.[SnH4]. The molecule has 0 saturated heterocycles. The number of aliphatic carboxylic acids is 4. The molecule has 4 N–H and O–H groups in total. The van der Waals surface area contributed by atoms with Gasteiger partial charge in [-0.2, -0.15) is 0 Å². The number of hydrogen-bond donors (Lipinski definition) is 4. The van der Waals surface area contributed by atoms with Crippen molar-refractivity contribution in [2.45, 2.75) is 27.7 Å². The number of carboxylic acids is 4. The van der Waals surface area contributed by atoms with Crippen LogP contribution in [0.15, 0.2) is 0 Å². The summed E-state index contributed by atoms with van der Waals surface area (Å²) in [6.07, 6.45) is 0. The van der Waals surface area contributed by atoms with Gasteiger partial charge < -0.3 is 20.4 Å². The third-order valence-corrected chi connectivity index (χ3v) is 0. The maximum atomic E-state index is 9.00. The molecular weight excluding hydrogens is 343 g/mol. The Morgan fingerprint density at radius 1 is 0.529 bits per heavy atom. The van der Waals surface area contributed by atoms with Gasteiger partial charge in [-0.1, -0.05) is 0 Å². The minimum atomic E-state index is -0.833. The monoisotopic (exact) mass is 364 g/mol. The van der Waals surface area contributed by atoms with Gasteiger partial charge in [0.2, 0.25) is 0 Å². The van der Waals surface area contributed by atoms with Crippen LogP contribution in [0, 0.1) is 0 Å². The van der Waals surface area contributed by atoms with Crippen LogP contribution < -0.4 is 0 Å². The summed E-state index contributed by atoms with van der Waals surface area (Å²) in [7, 11) is 0. The minimum absolute atomic E-state index is 0. The maximum absolute atomic E-state index is 9.00. The second-order valence-electron chi connectivity index (χ2n) is 2.08. The third kappa shape index (κ3) is 1350. The number of carbonyl (C=O) groups is 4. The Kier molecular flexibility index (Phi) is 42.0. The molecule has 104 valence electrons. The topological polar surface area (TPSA) is 149 Å². The summed E-state index contributed by atoms with van der Waals surface area (Å²) >= 11 is 0. The molecule has 0 aromatic rings. The van der Waals surface area contributed by atoms with Crippen molar-refractivity contribution in [2.75, 3.05) is 0 Å². The molecule has 0 amide bonds. The van der Waals surface area contributed by atoms with Crippen LogP contribution >= 0.6 is 0 Å². The van der Waals surface area contributed by atoms with Crippen LogP contribution in [-0.4, -0.2) is 68.2 Å². The molecule has 0 saturated carbocycles. The quantitative estimate of drug-likeness (QED) is 0.397. The molecule has 0 unspecified atom stereocenters. The van der Waals surface area contributed by atoms with Crippen LogP contribution in [0.3, 0.4) is 0 Å². The molecule has 0 heterocycles. The molecule has 0 aromatic carbocycles. The molecular formula is C8H20O8Sn. The molecule has 9 heteroatoms. The van der Waals surface area contributed by atoms with Gasteiger partial charge in [-0.3, -0.25) is 19.2 Å². The predicted octanol–water partition coefficient (Wildman–Crippen LogP) is -1.09. The Morgan fingerprint density at radius 3 is 0.529 bits per heavy atom. The summed E-state index contributed by atoms with van der Waals surface area (Å²) in [5.74, 6) is -3.33. The van der Waals surface area contributed by atoms with Gasteiger partial charge >= 0.3 is 23.9 Å². The van der Waals surface area contributed by atoms with E-state index in [2.05, 4.69) is 0 Å². The molecule has 0 aliphatic rings. The predicted molar refractivity (Wildman–Crippen MR) is 64.6 cm³/mol. The van der Waals surface area contributed by atoms with Crippen molar-refractivity contribution in [3.8, 4) is 0 Å². The summed E-state index contributed by atoms with van der Waals surface area (Å²) in [5, 5.41) is 29.7. The van der Waals surface area contributed by atoms with E-state index < -0.39 is 23.9 Å². The van der Waals surface area contributed by atoms with Gasteiger partial charge in [-0.05, 0) is 0 Å². The molecule has 17 heavy (non-hydrogen) atoms. The molecule has 0 fully saturated rings. The average molecular weight is 363 g/mol. The molecule has 8 nitrogen and oxygen atoms in total. The number of hydrogen-bond acceptors (Lipinski definition) is 4. The van der Waals surface area contributed by atoms with Gasteiger partial charge in [-0.25, -0.2) is 0 Å². The fraction of sp³-hybridized carbons (Fsp3) is 0.500. The van der Waals surface area contributed by atoms with Crippen LogP contribution in [0.5, 0.6) is 0 Å². The first kappa shape index (κ1) is 29.6. The standard InChI is InChI=1S/4C2H4O2.Sn.4H/c4*1-2(3)4;;;;;/h4*1H3,(H,3,4);;;;;. The van der Waals surface area contributed by atoms with E-state index in [4.69, 9.17) is 39.6 Å². The van der Waals surface area contributed by atoms with E-state index in [0.717, 1.165) is 27.7 Å². The van der Waals surface area contributed by atoms with Crippen LogP contribution in [0.4, 0.5) is 0 Å². The molecule has 0 aliphatic heterocycles. The zero-order chi connectivity index (χ0) is 14.3. The van der Waals surface area contributed by atoms with E-state index in [1.54, 1.807) is 0 Å². The van der Waals surface area contributed by atoms with Crippen LogP contribution in [0.1, 0.15) is 27.7 Å². The fourth-order valence-electron chi connectivity index (χ4n) is 0. The third-order valence-electron chi connectivity index (χ3n) is 0. The first-order valence-electron chi connectivity index (χ1n) is 3.71. The summed E-state index contributed by atoms with van der Waals surface area (Å²) < 4.78 is 0. The normalized spacial score (nSPS) is 5.88. The molecule has 0 spiro atoms. The molecule has 0 rings (SSSR count). The summed E-state index contributed by atoms with van der Waals surface area (Å²) in [6.45, 7) is 4.33. The van der Waals surface area contributed by atoms with Gasteiger partial charge in [0.25, 0.3) is 23.9 Å². The fourth-order valence-corrected chi connectivity index (χ4v) is 0. The Balaban J connectivity index is -0.0000000369. The van der Waals surface area contributed by atoms with Crippen molar-refractivity contribution in [1.29, 1.82) is 0 Å². The van der Waals surface area contributed by atoms with Crippen LogP contribution in [-0.2, 0) is 19.2 Å². The second kappa shape index (κ2) is 24.1. The van der Waals surface area contributed by atoms with E-state index in [0.29, 0.717) is 0 Å². The second-order valence-corrected chi connectivity index (χ2v) is 2.08. The van der Waals surface area contributed by atoms with Gasteiger partial charge in [0.1, 0.15) is 0 Å². The zero-order valence-electron chi connectivity index (χ0n) is 9.42. The first-order chi connectivity index (χ1) is 6.93. The van der Waals surface area contributed by atoms with Crippen molar-refractivity contribution in [3.63, 3.8) is 0 Å². The Labute approximate surface area is 115 Å². The van der Waals surface area contributed by atoms with Crippen molar-refractivity contribution < 1.29 is 39.6 Å². The van der Waals surface area contributed by atoms with Gasteiger partial charge in [0, 0.05) is 27.7 Å². The molecule has 0 aromatic heterocycles. The number of rotatable bonds is 0. The average Bonchev–Trinajstić information content (AvgIpc) is 1.76. The van der Waals surface area contributed by atoms with E-state index in [1.807, 2.05) is 0 Å². The molecule has 0 radical (unpaired) electrons. The van der Waals surface area contributed by atoms with Gasteiger partial charge in [0.15, 0.2) is 0 Å². The Bertz CT molecular complexity index is 162. The Morgan fingerprint density at radius 2 is 0.529 bits per heavy atom.